The Morgan fingerprint density at radius 1 is 1.24 bits per heavy atom. The fourth-order valence-electron chi connectivity index (χ4n) is 1.85. The van der Waals surface area contributed by atoms with E-state index in [9.17, 15) is 13.2 Å². The summed E-state index contributed by atoms with van der Waals surface area (Å²) in [6, 6.07) is 4.57. The number of hydrogen-bond acceptors (Lipinski definition) is 4. The van der Waals surface area contributed by atoms with Gasteiger partial charge in [-0.2, -0.15) is 0 Å². The summed E-state index contributed by atoms with van der Waals surface area (Å²) in [5, 5.41) is 5.79. The van der Waals surface area contributed by atoms with Crippen LogP contribution in [-0.2, 0) is 10.0 Å². The van der Waals surface area contributed by atoms with Crippen molar-refractivity contribution >= 4 is 15.9 Å². The van der Waals surface area contributed by atoms with Crippen LogP contribution in [0.15, 0.2) is 23.1 Å². The number of hydrogen-bond donors (Lipinski definition) is 3. The second-order valence-corrected chi connectivity index (χ2v) is 6.46. The van der Waals surface area contributed by atoms with Crippen LogP contribution >= 0.6 is 0 Å². The fourth-order valence-corrected chi connectivity index (χ4v) is 2.92. The molecule has 3 N–H and O–H groups in total. The monoisotopic (exact) mass is 313 g/mol. The minimum Gasteiger partial charge on any atom is -0.352 e. The second kappa shape index (κ2) is 8.11. The minimum absolute atomic E-state index is 0.107. The van der Waals surface area contributed by atoms with Crippen LogP contribution in [0.2, 0.25) is 0 Å². The van der Waals surface area contributed by atoms with Gasteiger partial charge < -0.3 is 10.6 Å². The highest BCUT2D eigenvalue weighted by Gasteiger charge is 2.16. The highest BCUT2D eigenvalue weighted by atomic mass is 32.2. The third-order valence-electron chi connectivity index (χ3n) is 2.99. The Labute approximate surface area is 126 Å². The molecule has 0 unspecified atom stereocenters. The van der Waals surface area contributed by atoms with E-state index < -0.39 is 10.0 Å². The highest BCUT2D eigenvalue weighted by molar-refractivity contribution is 7.89. The van der Waals surface area contributed by atoms with Gasteiger partial charge in [-0.25, -0.2) is 13.1 Å². The molecule has 0 aliphatic rings. The molecular weight excluding hydrogens is 290 g/mol. The summed E-state index contributed by atoms with van der Waals surface area (Å²) >= 11 is 0. The van der Waals surface area contributed by atoms with Crippen molar-refractivity contribution in [2.24, 2.45) is 0 Å². The van der Waals surface area contributed by atoms with Crippen LogP contribution in [0, 0.1) is 6.92 Å². The molecule has 1 aromatic carbocycles. The fraction of sp³-hybridized carbons (Fsp3) is 0.500. The van der Waals surface area contributed by atoms with E-state index in [-0.39, 0.29) is 10.8 Å². The summed E-state index contributed by atoms with van der Waals surface area (Å²) in [6.45, 7) is 5.16. The van der Waals surface area contributed by atoms with Gasteiger partial charge in [0, 0.05) is 18.7 Å². The van der Waals surface area contributed by atoms with Crippen LogP contribution in [0.5, 0.6) is 0 Å². The van der Waals surface area contributed by atoms with E-state index in [1.54, 1.807) is 19.9 Å². The first-order valence-electron chi connectivity index (χ1n) is 6.95. The maximum atomic E-state index is 12.1. The minimum atomic E-state index is -3.55. The average Bonchev–Trinajstić information content (AvgIpc) is 2.43. The van der Waals surface area contributed by atoms with Crippen molar-refractivity contribution in [3.63, 3.8) is 0 Å². The molecule has 6 nitrogen and oxygen atoms in total. The van der Waals surface area contributed by atoms with Crippen LogP contribution in [0.4, 0.5) is 0 Å². The largest absolute Gasteiger partial charge is 0.352 e. The van der Waals surface area contributed by atoms with Crippen LogP contribution < -0.4 is 15.4 Å². The Hall–Kier alpha value is -1.44. The molecule has 0 bridgehead atoms. The van der Waals surface area contributed by atoms with Crippen molar-refractivity contribution in [1.29, 1.82) is 0 Å². The highest BCUT2D eigenvalue weighted by Crippen LogP contribution is 2.15. The molecule has 118 valence electrons. The molecule has 0 aliphatic heterocycles. The van der Waals surface area contributed by atoms with Crippen molar-refractivity contribution in [2.45, 2.75) is 25.2 Å². The number of nitrogens with one attached hydrogen (secondary N) is 3. The Bertz CT molecular complexity index is 585. The number of sulfonamides is 1. The third-order valence-corrected chi connectivity index (χ3v) is 4.53. The Balaban J connectivity index is 2.90. The molecule has 0 aromatic heterocycles. The molecule has 0 saturated heterocycles. The zero-order valence-electron chi connectivity index (χ0n) is 12.7. The van der Waals surface area contributed by atoms with Gasteiger partial charge in [-0.3, -0.25) is 4.79 Å². The molecule has 0 spiro atoms. The molecular formula is C14H23N3O3S. The first-order valence-corrected chi connectivity index (χ1v) is 8.43. The van der Waals surface area contributed by atoms with E-state index in [0.29, 0.717) is 18.7 Å². The smallest absolute Gasteiger partial charge is 0.251 e. The summed E-state index contributed by atoms with van der Waals surface area (Å²) in [6.07, 6.45) is 0.816. The van der Waals surface area contributed by atoms with Gasteiger partial charge in [0.1, 0.15) is 0 Å². The predicted molar refractivity (Wildman–Crippen MR) is 82.9 cm³/mol. The normalized spacial score (nSPS) is 11.4. The van der Waals surface area contributed by atoms with Crippen LogP contribution in [0.1, 0.15) is 29.3 Å². The van der Waals surface area contributed by atoms with Gasteiger partial charge in [0.2, 0.25) is 10.0 Å². The van der Waals surface area contributed by atoms with Gasteiger partial charge in [0.15, 0.2) is 0 Å². The lowest BCUT2D eigenvalue weighted by molar-refractivity contribution is 0.0952. The molecule has 0 radical (unpaired) electrons. The third kappa shape index (κ3) is 5.11. The van der Waals surface area contributed by atoms with Gasteiger partial charge in [-0.1, -0.05) is 13.0 Å². The maximum absolute atomic E-state index is 12.1. The van der Waals surface area contributed by atoms with Crippen molar-refractivity contribution in [2.75, 3.05) is 26.7 Å². The van der Waals surface area contributed by atoms with Gasteiger partial charge in [0.05, 0.1) is 4.90 Å². The van der Waals surface area contributed by atoms with Gasteiger partial charge in [-0.15, -0.1) is 0 Å². The quantitative estimate of drug-likeness (QED) is 0.614. The summed E-state index contributed by atoms with van der Waals surface area (Å²) in [4.78, 5) is 12.2. The first-order chi connectivity index (χ1) is 9.92. The van der Waals surface area contributed by atoms with Crippen LogP contribution in [-0.4, -0.2) is 41.0 Å². The number of carbonyl (C=O) groups excluding carboxylic acids is 1. The van der Waals surface area contributed by atoms with Gasteiger partial charge >= 0.3 is 0 Å². The zero-order chi connectivity index (χ0) is 15.9. The maximum Gasteiger partial charge on any atom is 0.251 e. The molecule has 1 rings (SSSR count). The van der Waals surface area contributed by atoms with Crippen molar-refractivity contribution in [1.82, 2.24) is 15.4 Å². The van der Waals surface area contributed by atoms with E-state index in [1.165, 1.54) is 12.1 Å². The number of carbonyl (C=O) groups is 1. The van der Waals surface area contributed by atoms with E-state index in [0.717, 1.165) is 18.5 Å². The van der Waals surface area contributed by atoms with E-state index in [1.807, 2.05) is 7.05 Å². The van der Waals surface area contributed by atoms with E-state index in [4.69, 9.17) is 0 Å². The van der Waals surface area contributed by atoms with Crippen LogP contribution in [0.3, 0.4) is 0 Å². The number of benzene rings is 1. The zero-order valence-corrected chi connectivity index (χ0v) is 13.5. The summed E-state index contributed by atoms with van der Waals surface area (Å²) in [5.74, 6) is -0.253. The molecule has 0 aliphatic carbocycles. The molecule has 0 heterocycles. The molecule has 0 atom stereocenters. The van der Waals surface area contributed by atoms with E-state index in [2.05, 4.69) is 15.4 Å². The second-order valence-electron chi connectivity index (χ2n) is 4.69. The summed E-state index contributed by atoms with van der Waals surface area (Å²) < 4.78 is 26.3. The van der Waals surface area contributed by atoms with Gasteiger partial charge in [-0.05, 0) is 44.6 Å². The van der Waals surface area contributed by atoms with Crippen molar-refractivity contribution < 1.29 is 13.2 Å². The average molecular weight is 313 g/mol. The standard InChI is InChI=1S/C14H23N3O3S/c1-4-17-21(19,20)12-7-6-11(2)13(10-12)14(18)16-9-5-8-15-3/h6-7,10,15,17H,4-5,8-9H2,1-3H3,(H,16,18). The lowest BCUT2D eigenvalue weighted by atomic mass is 10.1. The number of amides is 1. The van der Waals surface area contributed by atoms with Gasteiger partial charge in [0.25, 0.3) is 5.91 Å². The number of aryl methyl sites for hydroxylation is 1. The Kier molecular flexibility index (Phi) is 6.80. The molecule has 0 saturated carbocycles. The van der Waals surface area contributed by atoms with Crippen molar-refractivity contribution in [3.05, 3.63) is 29.3 Å². The Morgan fingerprint density at radius 2 is 1.95 bits per heavy atom. The molecule has 1 amide bonds. The topological polar surface area (TPSA) is 87.3 Å². The Morgan fingerprint density at radius 3 is 2.57 bits per heavy atom. The summed E-state index contributed by atoms with van der Waals surface area (Å²) in [5.41, 5.74) is 1.13. The first kappa shape index (κ1) is 17.6. The summed E-state index contributed by atoms with van der Waals surface area (Å²) in [7, 11) is -1.70. The SMILES string of the molecule is CCNS(=O)(=O)c1ccc(C)c(C(=O)NCCCNC)c1. The molecule has 0 fully saturated rings. The number of rotatable bonds is 8. The molecule has 1 aromatic rings. The predicted octanol–water partition coefficient (Wildman–Crippen LogP) is 0.633. The van der Waals surface area contributed by atoms with Crippen LogP contribution in [0.25, 0.3) is 0 Å². The van der Waals surface area contributed by atoms with E-state index >= 15 is 0 Å². The lowest BCUT2D eigenvalue weighted by Gasteiger charge is -2.10. The lowest BCUT2D eigenvalue weighted by Crippen LogP contribution is -2.28. The molecule has 7 heteroatoms. The molecule has 21 heavy (non-hydrogen) atoms. The van der Waals surface area contributed by atoms with Crippen molar-refractivity contribution in [3.8, 4) is 0 Å².